The van der Waals surface area contributed by atoms with Gasteiger partial charge in [-0.2, -0.15) is 0 Å². The smallest absolute Gasteiger partial charge is 0.260 e. The van der Waals surface area contributed by atoms with Gasteiger partial charge in [0, 0.05) is 25.2 Å². The molecule has 0 spiro atoms. The lowest BCUT2D eigenvalue weighted by Gasteiger charge is -2.22. The molecule has 2 aromatic rings. The van der Waals surface area contributed by atoms with E-state index in [4.69, 9.17) is 21.1 Å². The van der Waals surface area contributed by atoms with Crippen molar-refractivity contribution in [3.8, 4) is 11.5 Å². The summed E-state index contributed by atoms with van der Waals surface area (Å²) in [6, 6.07) is 10.7. The summed E-state index contributed by atoms with van der Waals surface area (Å²) in [4.78, 5) is 30.5. The predicted molar refractivity (Wildman–Crippen MR) is 106 cm³/mol. The Kier molecular flexibility index (Phi) is 6.71. The highest BCUT2D eigenvalue weighted by Gasteiger charge is 2.32. The van der Waals surface area contributed by atoms with Crippen molar-refractivity contribution in [3.05, 3.63) is 47.7 Å². The van der Waals surface area contributed by atoms with Crippen molar-refractivity contribution in [3.63, 3.8) is 0 Å². The fourth-order valence-corrected chi connectivity index (χ4v) is 2.94. The molecule has 1 aromatic carbocycles. The van der Waals surface area contributed by atoms with Crippen molar-refractivity contribution < 1.29 is 19.1 Å². The Labute approximate surface area is 168 Å². The van der Waals surface area contributed by atoms with Crippen molar-refractivity contribution in [1.29, 1.82) is 0 Å². The van der Waals surface area contributed by atoms with Crippen LogP contribution in [0, 0.1) is 0 Å². The van der Waals surface area contributed by atoms with Gasteiger partial charge in [0.1, 0.15) is 0 Å². The van der Waals surface area contributed by atoms with Gasteiger partial charge in [-0.3, -0.25) is 9.59 Å². The number of pyridine rings is 1. The zero-order chi connectivity index (χ0) is 19.9. The van der Waals surface area contributed by atoms with Gasteiger partial charge in [-0.15, -0.1) is 0 Å². The van der Waals surface area contributed by atoms with E-state index in [2.05, 4.69) is 10.3 Å². The number of nitrogens with one attached hydrogen (secondary N) is 1. The maximum absolute atomic E-state index is 12.6. The van der Waals surface area contributed by atoms with E-state index in [1.165, 1.54) is 0 Å². The molecule has 1 aromatic heterocycles. The summed E-state index contributed by atoms with van der Waals surface area (Å²) in [5, 5.41) is 2.95. The number of methoxy groups -OCH3 is 1. The highest BCUT2D eigenvalue weighted by molar-refractivity contribution is 6.32. The third-order valence-electron chi connectivity index (χ3n) is 4.34. The Bertz CT molecular complexity index is 842. The van der Waals surface area contributed by atoms with E-state index in [1.54, 1.807) is 42.5 Å². The van der Waals surface area contributed by atoms with Gasteiger partial charge in [0.05, 0.1) is 12.8 Å². The monoisotopic (exact) mass is 403 g/mol. The van der Waals surface area contributed by atoms with E-state index in [0.29, 0.717) is 23.7 Å². The summed E-state index contributed by atoms with van der Waals surface area (Å²) in [5.41, 5.74) is 0.456. The number of nitrogens with zero attached hydrogens (tertiary/aromatic N) is 2. The van der Waals surface area contributed by atoms with Gasteiger partial charge < -0.3 is 19.7 Å². The lowest BCUT2D eigenvalue weighted by atomic mass is 10.3. The Balaban J connectivity index is 1.52. The van der Waals surface area contributed by atoms with Gasteiger partial charge in [-0.1, -0.05) is 23.7 Å². The summed E-state index contributed by atoms with van der Waals surface area (Å²) < 4.78 is 10.8. The van der Waals surface area contributed by atoms with Gasteiger partial charge in [0.25, 0.3) is 5.91 Å². The fourth-order valence-electron chi connectivity index (χ4n) is 2.77. The third kappa shape index (κ3) is 5.36. The van der Waals surface area contributed by atoms with E-state index in [0.717, 1.165) is 12.8 Å². The average Bonchev–Trinajstić information content (AvgIpc) is 3.53. The number of ether oxygens (including phenoxy) is 2. The van der Waals surface area contributed by atoms with Crippen LogP contribution in [-0.4, -0.2) is 48.0 Å². The van der Waals surface area contributed by atoms with Crippen LogP contribution in [0.5, 0.6) is 11.5 Å². The van der Waals surface area contributed by atoms with Gasteiger partial charge >= 0.3 is 0 Å². The third-order valence-corrected chi connectivity index (χ3v) is 4.64. The van der Waals surface area contributed by atoms with E-state index >= 15 is 0 Å². The average molecular weight is 404 g/mol. The first-order chi connectivity index (χ1) is 13.6. The Hall–Kier alpha value is -2.80. The van der Waals surface area contributed by atoms with Crippen LogP contribution in [0.15, 0.2) is 42.6 Å². The molecule has 148 valence electrons. The van der Waals surface area contributed by atoms with Crippen molar-refractivity contribution in [2.75, 3.05) is 25.6 Å². The molecule has 8 heteroatoms. The summed E-state index contributed by atoms with van der Waals surface area (Å²) in [6.07, 6.45) is 3.60. The van der Waals surface area contributed by atoms with Crippen LogP contribution in [0.1, 0.15) is 19.3 Å². The van der Waals surface area contributed by atoms with Crippen LogP contribution >= 0.6 is 11.6 Å². The fraction of sp³-hybridized carbons (Fsp3) is 0.350. The van der Waals surface area contributed by atoms with Gasteiger partial charge in [-0.05, 0) is 37.1 Å². The highest BCUT2D eigenvalue weighted by Crippen LogP contribution is 2.29. The van der Waals surface area contributed by atoms with Crippen LogP contribution in [-0.2, 0) is 9.59 Å². The standard InChI is InChI=1S/C20H22ClN3O4/c1-27-16-6-2-3-7-17(16)28-13-19(26)24(14-8-9-14)12-10-18(25)23-15-5-4-11-22-20(15)21/h2-7,11,14H,8-10,12-13H2,1H3,(H,23,25). The topological polar surface area (TPSA) is 80.8 Å². The number of aromatic nitrogens is 1. The maximum atomic E-state index is 12.6. The summed E-state index contributed by atoms with van der Waals surface area (Å²) in [5.74, 6) is 0.707. The molecular formula is C20H22ClN3O4. The number of amides is 2. The SMILES string of the molecule is COc1ccccc1OCC(=O)N(CCC(=O)Nc1cccnc1Cl)C1CC1. The van der Waals surface area contributed by atoms with Crippen LogP contribution in [0.4, 0.5) is 5.69 Å². The van der Waals surface area contributed by atoms with Gasteiger partial charge in [-0.25, -0.2) is 4.98 Å². The number of para-hydroxylation sites is 2. The lowest BCUT2D eigenvalue weighted by molar-refractivity contribution is -0.134. The molecule has 0 radical (unpaired) electrons. The maximum Gasteiger partial charge on any atom is 0.260 e. The van der Waals surface area contributed by atoms with E-state index in [9.17, 15) is 9.59 Å². The Morgan fingerprint density at radius 2 is 1.96 bits per heavy atom. The number of carbonyl (C=O) groups is 2. The molecule has 28 heavy (non-hydrogen) atoms. The second-order valence-corrected chi connectivity index (χ2v) is 6.76. The molecule has 7 nitrogen and oxygen atoms in total. The summed E-state index contributed by atoms with van der Waals surface area (Å²) in [7, 11) is 1.55. The highest BCUT2D eigenvalue weighted by atomic mass is 35.5. The number of benzene rings is 1. The lowest BCUT2D eigenvalue weighted by Crippen LogP contribution is -2.38. The minimum Gasteiger partial charge on any atom is -0.493 e. The zero-order valence-electron chi connectivity index (χ0n) is 15.6. The Morgan fingerprint density at radius 3 is 2.64 bits per heavy atom. The molecule has 1 N–H and O–H groups in total. The van der Waals surface area contributed by atoms with Gasteiger partial charge in [0.2, 0.25) is 5.91 Å². The first-order valence-corrected chi connectivity index (χ1v) is 9.42. The predicted octanol–water partition coefficient (Wildman–Crippen LogP) is 3.14. The molecule has 1 aliphatic carbocycles. The number of rotatable bonds is 9. The molecule has 1 aliphatic rings. The first-order valence-electron chi connectivity index (χ1n) is 9.04. The van der Waals surface area contributed by atoms with E-state index in [-0.39, 0.29) is 36.0 Å². The molecule has 1 saturated carbocycles. The number of hydrogen-bond acceptors (Lipinski definition) is 5. The van der Waals surface area contributed by atoms with Crippen molar-refractivity contribution in [1.82, 2.24) is 9.88 Å². The second kappa shape index (κ2) is 9.41. The molecule has 0 bridgehead atoms. The van der Waals surface area contributed by atoms with Crippen LogP contribution in [0.25, 0.3) is 0 Å². The number of halogens is 1. The molecule has 1 heterocycles. The second-order valence-electron chi connectivity index (χ2n) is 6.40. The number of anilines is 1. The molecule has 0 saturated heterocycles. The minimum absolute atomic E-state index is 0.104. The van der Waals surface area contributed by atoms with Crippen LogP contribution in [0.3, 0.4) is 0 Å². The molecule has 2 amide bonds. The Morgan fingerprint density at radius 1 is 1.21 bits per heavy atom. The molecule has 1 fully saturated rings. The van der Waals surface area contributed by atoms with E-state index < -0.39 is 0 Å². The summed E-state index contributed by atoms with van der Waals surface area (Å²) in [6.45, 7) is 0.218. The van der Waals surface area contributed by atoms with Crippen LogP contribution in [0.2, 0.25) is 5.15 Å². The van der Waals surface area contributed by atoms with Crippen LogP contribution < -0.4 is 14.8 Å². The summed E-state index contributed by atoms with van der Waals surface area (Å²) >= 11 is 5.95. The molecule has 0 aliphatic heterocycles. The van der Waals surface area contributed by atoms with E-state index in [1.807, 2.05) is 12.1 Å². The zero-order valence-corrected chi connectivity index (χ0v) is 16.3. The van der Waals surface area contributed by atoms with Crippen molar-refractivity contribution in [2.24, 2.45) is 0 Å². The minimum atomic E-state index is -0.223. The van der Waals surface area contributed by atoms with Gasteiger partial charge in [0.15, 0.2) is 23.3 Å². The number of hydrogen-bond donors (Lipinski definition) is 1. The molecule has 0 unspecified atom stereocenters. The quantitative estimate of drug-likeness (QED) is 0.650. The normalized spacial score (nSPS) is 12.9. The largest absolute Gasteiger partial charge is 0.493 e. The molecular weight excluding hydrogens is 382 g/mol. The molecule has 0 atom stereocenters. The number of carbonyl (C=O) groups excluding carboxylic acids is 2. The molecule has 3 rings (SSSR count). The van der Waals surface area contributed by atoms with Crippen molar-refractivity contribution >= 4 is 29.1 Å². The first kappa shape index (κ1) is 19.9. The van der Waals surface area contributed by atoms with Crippen molar-refractivity contribution in [2.45, 2.75) is 25.3 Å².